The molecule has 7 nitrogen and oxygen atoms in total. The van der Waals surface area contributed by atoms with Gasteiger partial charge in [-0.05, 0) is 25.5 Å². The van der Waals surface area contributed by atoms with Crippen LogP contribution < -0.4 is 10.2 Å². The largest absolute Gasteiger partial charge is 0.444 e. The molecular formula is C17H19FN4O3. The molecule has 1 aromatic heterocycles. The van der Waals surface area contributed by atoms with Crippen molar-refractivity contribution in [1.82, 2.24) is 9.97 Å². The Balaban J connectivity index is 1.82. The van der Waals surface area contributed by atoms with Gasteiger partial charge >= 0.3 is 6.09 Å². The van der Waals surface area contributed by atoms with E-state index in [1.54, 1.807) is 18.3 Å². The van der Waals surface area contributed by atoms with Crippen molar-refractivity contribution < 1.29 is 19.0 Å². The van der Waals surface area contributed by atoms with Crippen LogP contribution in [0.25, 0.3) is 0 Å². The molecule has 1 unspecified atom stereocenters. The van der Waals surface area contributed by atoms with E-state index in [-0.39, 0.29) is 24.8 Å². The van der Waals surface area contributed by atoms with Gasteiger partial charge in [0.1, 0.15) is 18.2 Å². The van der Waals surface area contributed by atoms with Crippen molar-refractivity contribution in [2.75, 3.05) is 16.8 Å². The molecular weight excluding hydrogens is 327 g/mol. The monoisotopic (exact) mass is 346 g/mol. The Kier molecular flexibility index (Phi) is 4.80. The van der Waals surface area contributed by atoms with Gasteiger partial charge in [0.05, 0.1) is 18.2 Å². The summed E-state index contributed by atoms with van der Waals surface area (Å²) in [6.45, 7) is 3.92. The number of anilines is 2. The fraction of sp³-hybridized carbons (Fsp3) is 0.353. The highest BCUT2D eigenvalue weighted by molar-refractivity contribution is 5.89. The highest BCUT2D eigenvalue weighted by Crippen LogP contribution is 2.26. The molecule has 1 aromatic carbocycles. The zero-order valence-electron chi connectivity index (χ0n) is 14.0. The first-order valence-electron chi connectivity index (χ1n) is 7.99. The van der Waals surface area contributed by atoms with Crippen LogP contribution in [0.5, 0.6) is 0 Å². The first kappa shape index (κ1) is 17.1. The topological polar surface area (TPSA) is 87.6 Å². The number of cyclic esters (lactones) is 1. The van der Waals surface area contributed by atoms with Crippen LogP contribution in [-0.4, -0.2) is 27.7 Å². The molecule has 2 heterocycles. The molecule has 0 aliphatic carbocycles. The first-order chi connectivity index (χ1) is 12.0. The number of ether oxygens (including phenoxy) is 1. The molecule has 0 bridgehead atoms. The van der Waals surface area contributed by atoms with Crippen molar-refractivity contribution in [2.24, 2.45) is 0 Å². The number of aliphatic hydroxyl groups is 1. The quantitative estimate of drug-likeness (QED) is 0.866. The van der Waals surface area contributed by atoms with Crippen LogP contribution in [0.4, 0.5) is 21.0 Å². The van der Waals surface area contributed by atoms with Crippen molar-refractivity contribution in [3.63, 3.8) is 0 Å². The maximum absolute atomic E-state index is 13.8. The molecule has 2 aromatic rings. The van der Waals surface area contributed by atoms with E-state index in [1.807, 2.05) is 13.8 Å². The van der Waals surface area contributed by atoms with Gasteiger partial charge in [0, 0.05) is 18.3 Å². The van der Waals surface area contributed by atoms with Crippen molar-refractivity contribution >= 4 is 17.9 Å². The Morgan fingerprint density at radius 3 is 2.96 bits per heavy atom. The van der Waals surface area contributed by atoms with E-state index in [4.69, 9.17) is 9.84 Å². The third kappa shape index (κ3) is 3.39. The molecule has 1 amide bonds. The van der Waals surface area contributed by atoms with E-state index in [0.29, 0.717) is 23.9 Å². The maximum atomic E-state index is 13.8. The average molecular weight is 346 g/mol. The fourth-order valence-corrected chi connectivity index (χ4v) is 2.62. The van der Waals surface area contributed by atoms with Gasteiger partial charge in [-0.15, -0.1) is 0 Å². The smallest absolute Gasteiger partial charge is 0.415 e. The van der Waals surface area contributed by atoms with Crippen molar-refractivity contribution in [3.05, 3.63) is 46.9 Å². The standard InChI is InChI=1S/C17H19FN4O3/c1-3-22-15-13(9-25-17(22)24)7-19-16(21-15)20-10(2)11-4-5-12(8-23)14(18)6-11/h4-7,10,23H,3,8-9H2,1-2H3,(H,19,20,21). The number of amides is 1. The molecule has 0 saturated carbocycles. The summed E-state index contributed by atoms with van der Waals surface area (Å²) < 4.78 is 18.9. The van der Waals surface area contributed by atoms with E-state index in [2.05, 4.69) is 15.3 Å². The predicted molar refractivity (Wildman–Crippen MR) is 89.6 cm³/mol. The summed E-state index contributed by atoms with van der Waals surface area (Å²) in [5.41, 5.74) is 1.68. The summed E-state index contributed by atoms with van der Waals surface area (Å²) >= 11 is 0. The number of nitrogens with one attached hydrogen (secondary N) is 1. The minimum atomic E-state index is -0.458. The zero-order chi connectivity index (χ0) is 18.0. The number of hydrogen-bond acceptors (Lipinski definition) is 6. The first-order valence-corrected chi connectivity index (χ1v) is 7.99. The Morgan fingerprint density at radius 1 is 1.48 bits per heavy atom. The highest BCUT2D eigenvalue weighted by Gasteiger charge is 2.26. The maximum Gasteiger partial charge on any atom is 0.415 e. The Hall–Kier alpha value is -2.74. The highest BCUT2D eigenvalue weighted by atomic mass is 19.1. The third-order valence-corrected chi connectivity index (χ3v) is 4.08. The number of carbonyl (C=O) groups excluding carboxylic acids is 1. The molecule has 25 heavy (non-hydrogen) atoms. The Morgan fingerprint density at radius 2 is 2.28 bits per heavy atom. The molecule has 2 N–H and O–H groups in total. The molecule has 3 rings (SSSR count). The lowest BCUT2D eigenvalue weighted by Gasteiger charge is -2.27. The van der Waals surface area contributed by atoms with Gasteiger partial charge in [-0.2, -0.15) is 4.98 Å². The van der Waals surface area contributed by atoms with Crippen molar-refractivity contribution in [2.45, 2.75) is 33.1 Å². The number of fused-ring (bicyclic) bond motifs is 1. The lowest BCUT2D eigenvalue weighted by Crippen LogP contribution is -2.36. The van der Waals surface area contributed by atoms with Crippen LogP contribution in [-0.2, 0) is 18.0 Å². The van der Waals surface area contributed by atoms with Crippen molar-refractivity contribution in [3.8, 4) is 0 Å². The Bertz CT molecular complexity index is 799. The molecule has 0 fully saturated rings. The van der Waals surface area contributed by atoms with Gasteiger partial charge in [-0.25, -0.2) is 14.2 Å². The molecule has 1 aliphatic heterocycles. The second-order valence-electron chi connectivity index (χ2n) is 5.72. The summed E-state index contributed by atoms with van der Waals surface area (Å²) in [4.78, 5) is 21.9. The number of carbonyl (C=O) groups is 1. The van der Waals surface area contributed by atoms with Gasteiger partial charge in [-0.3, -0.25) is 4.90 Å². The molecule has 0 spiro atoms. The van der Waals surface area contributed by atoms with E-state index in [0.717, 1.165) is 5.56 Å². The molecule has 0 saturated heterocycles. The minimum absolute atomic E-state index is 0.147. The zero-order valence-corrected chi connectivity index (χ0v) is 14.0. The molecule has 1 aliphatic rings. The summed E-state index contributed by atoms with van der Waals surface area (Å²) in [7, 11) is 0. The lowest BCUT2D eigenvalue weighted by molar-refractivity contribution is 0.141. The number of aromatic nitrogens is 2. The number of hydrogen-bond donors (Lipinski definition) is 2. The van der Waals surface area contributed by atoms with E-state index >= 15 is 0 Å². The predicted octanol–water partition coefficient (Wildman–Crippen LogP) is 2.76. The van der Waals surface area contributed by atoms with Crippen LogP contribution in [0.2, 0.25) is 0 Å². The van der Waals surface area contributed by atoms with Crippen LogP contribution >= 0.6 is 0 Å². The van der Waals surface area contributed by atoms with E-state index < -0.39 is 11.9 Å². The number of nitrogens with zero attached hydrogens (tertiary/aromatic N) is 3. The normalized spacial score (nSPS) is 14.7. The van der Waals surface area contributed by atoms with E-state index in [1.165, 1.54) is 11.0 Å². The minimum Gasteiger partial charge on any atom is -0.444 e. The van der Waals surface area contributed by atoms with Crippen LogP contribution in [0.15, 0.2) is 24.4 Å². The van der Waals surface area contributed by atoms with Crippen LogP contribution in [0.1, 0.15) is 36.6 Å². The second-order valence-corrected chi connectivity index (χ2v) is 5.72. The SMILES string of the molecule is CCN1C(=O)OCc2cnc(NC(C)c3ccc(CO)c(F)c3)nc21. The number of halogens is 1. The molecule has 1 atom stereocenters. The molecule has 8 heteroatoms. The van der Waals surface area contributed by atoms with Gasteiger partial charge in [-0.1, -0.05) is 12.1 Å². The van der Waals surface area contributed by atoms with Gasteiger partial charge in [0.2, 0.25) is 5.95 Å². The summed E-state index contributed by atoms with van der Waals surface area (Å²) in [6, 6.07) is 4.40. The van der Waals surface area contributed by atoms with Crippen molar-refractivity contribution in [1.29, 1.82) is 0 Å². The summed E-state index contributed by atoms with van der Waals surface area (Å²) in [6.07, 6.45) is 1.18. The second kappa shape index (κ2) is 7.02. The fourth-order valence-electron chi connectivity index (χ4n) is 2.62. The van der Waals surface area contributed by atoms with Gasteiger partial charge < -0.3 is 15.2 Å². The molecule has 132 valence electrons. The van der Waals surface area contributed by atoms with Crippen LogP contribution in [0, 0.1) is 5.82 Å². The van der Waals surface area contributed by atoms with Gasteiger partial charge in [0.25, 0.3) is 0 Å². The van der Waals surface area contributed by atoms with E-state index in [9.17, 15) is 9.18 Å². The Labute approximate surface area is 144 Å². The summed E-state index contributed by atoms with van der Waals surface area (Å²) in [5, 5.41) is 12.1. The number of benzene rings is 1. The third-order valence-electron chi connectivity index (χ3n) is 4.08. The number of rotatable bonds is 5. The van der Waals surface area contributed by atoms with Crippen LogP contribution in [0.3, 0.4) is 0 Å². The lowest BCUT2D eigenvalue weighted by atomic mass is 10.1. The van der Waals surface area contributed by atoms with Gasteiger partial charge in [0.15, 0.2) is 0 Å². The average Bonchev–Trinajstić information content (AvgIpc) is 2.61. The number of aliphatic hydroxyl groups excluding tert-OH is 1. The summed E-state index contributed by atoms with van der Waals surface area (Å²) in [5.74, 6) is 0.399. The molecule has 0 radical (unpaired) electrons.